The van der Waals surface area contributed by atoms with E-state index >= 15 is 0 Å². The van der Waals surface area contributed by atoms with Crippen LogP contribution in [0.15, 0.2) is 95.8 Å². The minimum atomic E-state index is 0.227. The minimum absolute atomic E-state index is 0.227. The number of nitriles is 1. The third-order valence-electron chi connectivity index (χ3n) is 7.72. The maximum absolute atomic E-state index is 9.80. The summed E-state index contributed by atoms with van der Waals surface area (Å²) >= 11 is 0. The Bertz CT molecular complexity index is 1630. The van der Waals surface area contributed by atoms with Crippen LogP contribution in [0, 0.1) is 11.3 Å². The van der Waals surface area contributed by atoms with Gasteiger partial charge in [0.05, 0.1) is 30.2 Å². The van der Waals surface area contributed by atoms with Crippen molar-refractivity contribution in [1.82, 2.24) is 14.8 Å². The molecule has 2 aromatic heterocycles. The number of benzene rings is 3. The van der Waals surface area contributed by atoms with E-state index in [2.05, 4.69) is 69.7 Å². The first-order chi connectivity index (χ1) is 20.2. The number of hydrogen-bond donors (Lipinski definition) is 2. The van der Waals surface area contributed by atoms with Crippen molar-refractivity contribution >= 4 is 22.4 Å². The number of furan rings is 1. The molecule has 3 aromatic carbocycles. The number of nitrogens with zero attached hydrogens (tertiary/aromatic N) is 4. The predicted octanol–water partition coefficient (Wildman–Crippen LogP) is 5.81. The molecule has 0 spiro atoms. The number of hydrogen-bond acceptors (Lipinski definition) is 7. The highest BCUT2D eigenvalue weighted by Gasteiger charge is 2.16. The van der Waals surface area contributed by atoms with Crippen molar-refractivity contribution in [2.75, 3.05) is 44.6 Å². The minimum Gasteiger partial charge on any atom is -0.472 e. The first-order valence-corrected chi connectivity index (χ1v) is 14.0. The Labute approximate surface area is 240 Å². The largest absolute Gasteiger partial charge is 0.472 e. The van der Waals surface area contributed by atoms with Gasteiger partial charge < -0.3 is 14.8 Å². The molecule has 0 saturated carbocycles. The van der Waals surface area contributed by atoms with Crippen molar-refractivity contribution in [3.8, 4) is 17.2 Å². The summed E-state index contributed by atoms with van der Waals surface area (Å²) in [5, 5.41) is 23.2. The van der Waals surface area contributed by atoms with E-state index in [0.717, 1.165) is 79.0 Å². The van der Waals surface area contributed by atoms with Gasteiger partial charge in [-0.25, -0.2) is 4.98 Å². The molecule has 7 nitrogen and oxygen atoms in total. The number of aliphatic hydroxyl groups excluding tert-OH is 1. The lowest BCUT2D eigenvalue weighted by molar-refractivity contribution is 0.108. The van der Waals surface area contributed by atoms with Crippen LogP contribution < -0.4 is 5.32 Å². The summed E-state index contributed by atoms with van der Waals surface area (Å²) in [6, 6.07) is 29.3. The molecule has 0 unspecified atom stereocenters. The molecule has 6 rings (SSSR count). The normalized spacial score (nSPS) is 14.2. The van der Waals surface area contributed by atoms with E-state index < -0.39 is 0 Å². The molecule has 0 atom stereocenters. The molecule has 206 valence electrons. The molecule has 0 aliphatic carbocycles. The fourth-order valence-corrected chi connectivity index (χ4v) is 5.37. The Morgan fingerprint density at radius 3 is 2.27 bits per heavy atom. The summed E-state index contributed by atoms with van der Waals surface area (Å²) in [4.78, 5) is 9.64. The average molecular weight is 544 g/mol. The van der Waals surface area contributed by atoms with Crippen molar-refractivity contribution < 1.29 is 9.52 Å². The molecule has 2 N–H and O–H groups in total. The maximum atomic E-state index is 9.80. The van der Waals surface area contributed by atoms with E-state index in [-0.39, 0.29) is 6.61 Å². The van der Waals surface area contributed by atoms with Gasteiger partial charge in [0.25, 0.3) is 0 Å². The molecule has 1 aliphatic rings. The molecule has 7 heteroatoms. The summed E-state index contributed by atoms with van der Waals surface area (Å²) in [7, 11) is 0. The Balaban J connectivity index is 1.16. The van der Waals surface area contributed by atoms with E-state index in [0.29, 0.717) is 11.4 Å². The standard InChI is InChI=1S/C34H33N5O2/c35-22-31-20-30-8-7-29(28-5-1-26(2-6-28)23-39-14-12-38(13-15-39)16-17-40)21-33(30)37-34(31)36-32-9-3-25(4-10-32)19-27-11-18-41-24-27/h1-11,18,20-21,24,40H,12-17,19,23H2,(H,36,37). The Kier molecular flexibility index (Phi) is 8.06. The number of piperazine rings is 1. The van der Waals surface area contributed by atoms with Crippen LogP contribution in [0.2, 0.25) is 0 Å². The van der Waals surface area contributed by atoms with Crippen molar-refractivity contribution in [1.29, 1.82) is 5.26 Å². The second kappa shape index (κ2) is 12.4. The van der Waals surface area contributed by atoms with Gasteiger partial charge in [0.15, 0.2) is 0 Å². The van der Waals surface area contributed by atoms with E-state index in [4.69, 9.17) is 14.5 Å². The first kappa shape index (κ1) is 26.7. The zero-order chi connectivity index (χ0) is 28.0. The van der Waals surface area contributed by atoms with Crippen LogP contribution in [0.4, 0.5) is 11.5 Å². The lowest BCUT2D eigenvalue weighted by atomic mass is 10.0. The summed E-state index contributed by atoms with van der Waals surface area (Å²) in [5.41, 5.74) is 8.06. The zero-order valence-electron chi connectivity index (χ0n) is 23.0. The summed E-state index contributed by atoms with van der Waals surface area (Å²) in [6.07, 6.45) is 4.25. The highest BCUT2D eigenvalue weighted by Crippen LogP contribution is 2.28. The number of β-amino-alcohol motifs (C(OH)–C–C–N with tert-alkyl or cyclic N) is 1. The van der Waals surface area contributed by atoms with Gasteiger partial charge in [0, 0.05) is 56.8 Å². The fraction of sp³-hybridized carbons (Fsp3) is 0.235. The molecular weight excluding hydrogens is 510 g/mol. The van der Waals surface area contributed by atoms with Crippen LogP contribution in [0.3, 0.4) is 0 Å². The number of anilines is 2. The van der Waals surface area contributed by atoms with Crippen molar-refractivity contribution in [3.63, 3.8) is 0 Å². The van der Waals surface area contributed by atoms with Crippen LogP contribution in [0.25, 0.3) is 22.0 Å². The SMILES string of the molecule is N#Cc1cc2ccc(-c3ccc(CN4CCN(CCO)CC4)cc3)cc2nc1Nc1ccc(Cc2ccoc2)cc1. The highest BCUT2D eigenvalue weighted by atomic mass is 16.3. The van der Waals surface area contributed by atoms with Crippen molar-refractivity contribution in [3.05, 3.63) is 114 Å². The topological polar surface area (TPSA) is 88.6 Å². The zero-order valence-corrected chi connectivity index (χ0v) is 23.0. The lowest BCUT2D eigenvalue weighted by Gasteiger charge is -2.34. The lowest BCUT2D eigenvalue weighted by Crippen LogP contribution is -2.46. The smallest absolute Gasteiger partial charge is 0.149 e. The Morgan fingerprint density at radius 2 is 1.56 bits per heavy atom. The van der Waals surface area contributed by atoms with Crippen LogP contribution >= 0.6 is 0 Å². The quantitative estimate of drug-likeness (QED) is 0.243. The number of pyridine rings is 1. The number of rotatable bonds is 9. The Morgan fingerprint density at radius 1 is 0.829 bits per heavy atom. The van der Waals surface area contributed by atoms with Gasteiger partial charge in [0.2, 0.25) is 0 Å². The second-order valence-electron chi connectivity index (χ2n) is 10.6. The van der Waals surface area contributed by atoms with E-state index in [9.17, 15) is 5.26 Å². The number of nitrogens with one attached hydrogen (secondary N) is 1. The highest BCUT2D eigenvalue weighted by molar-refractivity contribution is 5.87. The van der Waals surface area contributed by atoms with Crippen LogP contribution in [0.5, 0.6) is 0 Å². The molecule has 5 aromatic rings. The van der Waals surface area contributed by atoms with Crippen LogP contribution in [0.1, 0.15) is 22.3 Å². The number of aromatic nitrogens is 1. The van der Waals surface area contributed by atoms with Crippen molar-refractivity contribution in [2.45, 2.75) is 13.0 Å². The van der Waals surface area contributed by atoms with E-state index in [1.807, 2.05) is 30.3 Å². The molecule has 3 heterocycles. The molecule has 1 fully saturated rings. The predicted molar refractivity (Wildman–Crippen MR) is 162 cm³/mol. The molecule has 41 heavy (non-hydrogen) atoms. The third-order valence-corrected chi connectivity index (χ3v) is 7.72. The van der Waals surface area contributed by atoms with Gasteiger partial charge in [-0.3, -0.25) is 9.80 Å². The molecule has 1 saturated heterocycles. The second-order valence-corrected chi connectivity index (χ2v) is 10.6. The average Bonchev–Trinajstić information content (AvgIpc) is 3.52. The van der Waals surface area contributed by atoms with Crippen LogP contribution in [-0.2, 0) is 13.0 Å². The first-order valence-electron chi connectivity index (χ1n) is 14.0. The number of fused-ring (bicyclic) bond motifs is 1. The van der Waals surface area contributed by atoms with Crippen molar-refractivity contribution in [2.24, 2.45) is 0 Å². The molecule has 1 aliphatic heterocycles. The molecular formula is C34H33N5O2. The fourth-order valence-electron chi connectivity index (χ4n) is 5.37. The summed E-state index contributed by atoms with van der Waals surface area (Å²) in [5.74, 6) is 0.550. The maximum Gasteiger partial charge on any atom is 0.149 e. The monoisotopic (exact) mass is 543 g/mol. The van der Waals surface area contributed by atoms with E-state index in [1.165, 1.54) is 11.1 Å². The van der Waals surface area contributed by atoms with Crippen LogP contribution in [-0.4, -0.2) is 59.2 Å². The summed E-state index contributed by atoms with van der Waals surface area (Å²) < 4.78 is 5.17. The third kappa shape index (κ3) is 6.47. The van der Waals surface area contributed by atoms with Gasteiger partial charge in [-0.1, -0.05) is 48.5 Å². The Hall–Kier alpha value is -4.48. The van der Waals surface area contributed by atoms with Gasteiger partial charge in [0.1, 0.15) is 11.9 Å². The molecule has 0 amide bonds. The number of aliphatic hydroxyl groups is 1. The van der Waals surface area contributed by atoms with Gasteiger partial charge >= 0.3 is 0 Å². The van der Waals surface area contributed by atoms with Gasteiger partial charge in [-0.15, -0.1) is 0 Å². The van der Waals surface area contributed by atoms with Gasteiger partial charge in [-0.2, -0.15) is 5.26 Å². The van der Waals surface area contributed by atoms with Gasteiger partial charge in [-0.05, 0) is 58.1 Å². The van der Waals surface area contributed by atoms with E-state index in [1.54, 1.807) is 12.5 Å². The molecule has 0 bridgehead atoms. The summed E-state index contributed by atoms with van der Waals surface area (Å²) in [6.45, 7) is 5.98. The molecule has 0 radical (unpaired) electrons.